The highest BCUT2D eigenvalue weighted by atomic mass is 16.5. The van der Waals surface area contributed by atoms with Crippen molar-refractivity contribution in [3.8, 4) is 0 Å². The molecular weight excluding hydrogens is 322 g/mol. The van der Waals surface area contributed by atoms with Gasteiger partial charge in [0.1, 0.15) is 0 Å². The quantitative estimate of drug-likeness (QED) is 0.800. The van der Waals surface area contributed by atoms with Crippen LogP contribution in [0.2, 0.25) is 0 Å². The van der Waals surface area contributed by atoms with E-state index in [1.807, 2.05) is 24.4 Å². The maximum absolute atomic E-state index is 6.08. The van der Waals surface area contributed by atoms with Crippen LogP contribution in [-0.4, -0.2) is 54.6 Å². The second kappa shape index (κ2) is 7.87. The average molecular weight is 351 g/mol. The van der Waals surface area contributed by atoms with Gasteiger partial charge >= 0.3 is 0 Å². The minimum atomic E-state index is 0.383. The zero-order chi connectivity index (χ0) is 17.8. The summed E-state index contributed by atoms with van der Waals surface area (Å²) in [6, 6.07) is 16.8. The number of nitrogens with zero attached hydrogens (tertiary/aromatic N) is 3. The van der Waals surface area contributed by atoms with Crippen molar-refractivity contribution >= 4 is 0 Å². The summed E-state index contributed by atoms with van der Waals surface area (Å²) in [5.74, 6) is 0.608. The van der Waals surface area contributed by atoms with E-state index in [2.05, 4.69) is 52.2 Å². The Morgan fingerprint density at radius 3 is 2.77 bits per heavy atom. The normalized spacial score (nSPS) is 26.7. The maximum Gasteiger partial charge on any atom is 0.0887 e. The lowest BCUT2D eigenvalue weighted by atomic mass is 9.77. The topological polar surface area (TPSA) is 28.6 Å². The third-order valence-corrected chi connectivity index (χ3v) is 5.99. The lowest BCUT2D eigenvalue weighted by molar-refractivity contribution is 0.0501. The molecule has 2 saturated heterocycles. The van der Waals surface area contributed by atoms with E-state index in [-0.39, 0.29) is 0 Å². The zero-order valence-corrected chi connectivity index (χ0v) is 15.7. The van der Waals surface area contributed by atoms with Gasteiger partial charge in [-0.15, -0.1) is 0 Å². The van der Waals surface area contributed by atoms with Crippen LogP contribution in [-0.2, 0) is 17.9 Å². The van der Waals surface area contributed by atoms with Gasteiger partial charge in [0.15, 0.2) is 0 Å². The van der Waals surface area contributed by atoms with E-state index >= 15 is 0 Å². The van der Waals surface area contributed by atoms with Crippen molar-refractivity contribution in [2.24, 2.45) is 11.3 Å². The molecule has 4 nitrogen and oxygen atoms in total. The van der Waals surface area contributed by atoms with Crippen molar-refractivity contribution in [2.75, 3.05) is 39.8 Å². The van der Waals surface area contributed by atoms with Crippen molar-refractivity contribution in [1.82, 2.24) is 14.8 Å². The van der Waals surface area contributed by atoms with Crippen LogP contribution < -0.4 is 0 Å². The molecule has 138 valence electrons. The molecule has 1 aromatic carbocycles. The first-order chi connectivity index (χ1) is 12.7. The average Bonchev–Trinajstić information content (AvgIpc) is 3.20. The lowest BCUT2D eigenvalue weighted by Crippen LogP contribution is -2.36. The van der Waals surface area contributed by atoms with E-state index in [1.165, 1.54) is 31.6 Å². The highest BCUT2D eigenvalue weighted by Gasteiger charge is 2.49. The molecule has 0 unspecified atom stereocenters. The van der Waals surface area contributed by atoms with Crippen molar-refractivity contribution in [2.45, 2.75) is 19.6 Å². The third-order valence-electron chi connectivity index (χ3n) is 5.99. The number of hydrogen-bond acceptors (Lipinski definition) is 4. The van der Waals surface area contributed by atoms with Gasteiger partial charge in [-0.05, 0) is 37.7 Å². The number of likely N-dealkylation sites (tertiary alicyclic amines) is 2. The van der Waals surface area contributed by atoms with Crippen LogP contribution in [0.1, 0.15) is 17.7 Å². The van der Waals surface area contributed by atoms with Crippen molar-refractivity contribution in [3.05, 3.63) is 66.0 Å². The van der Waals surface area contributed by atoms with Gasteiger partial charge in [-0.3, -0.25) is 9.88 Å². The monoisotopic (exact) mass is 351 g/mol. The van der Waals surface area contributed by atoms with Gasteiger partial charge in [0.2, 0.25) is 0 Å². The largest absolute Gasteiger partial charge is 0.375 e. The number of aromatic nitrogens is 1. The Kier molecular flexibility index (Phi) is 5.34. The molecule has 0 saturated carbocycles. The molecule has 2 aliphatic rings. The van der Waals surface area contributed by atoms with Gasteiger partial charge in [0, 0.05) is 43.7 Å². The summed E-state index contributed by atoms with van der Waals surface area (Å²) in [7, 11) is 2.25. The predicted molar refractivity (Wildman–Crippen MR) is 104 cm³/mol. The van der Waals surface area contributed by atoms with E-state index < -0.39 is 0 Å². The molecule has 3 heterocycles. The summed E-state index contributed by atoms with van der Waals surface area (Å²) in [4.78, 5) is 9.47. The van der Waals surface area contributed by atoms with E-state index in [9.17, 15) is 0 Å². The molecule has 4 rings (SSSR count). The first-order valence-corrected chi connectivity index (χ1v) is 9.66. The fourth-order valence-corrected chi connectivity index (χ4v) is 4.74. The van der Waals surface area contributed by atoms with E-state index in [1.54, 1.807) is 0 Å². The highest BCUT2D eigenvalue weighted by molar-refractivity contribution is 5.15. The van der Waals surface area contributed by atoms with Gasteiger partial charge in [0.25, 0.3) is 0 Å². The van der Waals surface area contributed by atoms with Crippen LogP contribution in [0, 0.1) is 11.3 Å². The molecule has 2 fully saturated rings. The molecule has 1 aromatic heterocycles. The van der Waals surface area contributed by atoms with Crippen LogP contribution in [0.25, 0.3) is 0 Å². The molecule has 2 atom stereocenters. The number of benzene rings is 1. The van der Waals surface area contributed by atoms with E-state index in [4.69, 9.17) is 4.74 Å². The second-order valence-electron chi connectivity index (χ2n) is 8.04. The Balaban J connectivity index is 1.35. The molecule has 0 bridgehead atoms. The fourth-order valence-electron chi connectivity index (χ4n) is 4.74. The summed E-state index contributed by atoms with van der Waals surface area (Å²) >= 11 is 0. The third kappa shape index (κ3) is 3.98. The van der Waals surface area contributed by atoms with Crippen molar-refractivity contribution < 1.29 is 4.74 Å². The van der Waals surface area contributed by atoms with Gasteiger partial charge in [-0.2, -0.15) is 0 Å². The summed E-state index contributed by atoms with van der Waals surface area (Å²) in [6.45, 7) is 7.22. The standard InChI is InChI=1S/C22H29N3O/c1-24-14-20(15-26-16-21-9-5-6-11-23-21)22(17-24)10-12-25(18-22)13-19-7-3-2-4-8-19/h2-9,11,20H,10,12-18H2,1H3/t20-,22+/m1/s1. The molecule has 0 aliphatic carbocycles. The van der Waals surface area contributed by atoms with Crippen LogP contribution in [0.4, 0.5) is 0 Å². The Morgan fingerprint density at radius 1 is 1.12 bits per heavy atom. The number of hydrogen-bond donors (Lipinski definition) is 0. The van der Waals surface area contributed by atoms with Crippen molar-refractivity contribution in [3.63, 3.8) is 0 Å². The van der Waals surface area contributed by atoms with E-state index in [0.29, 0.717) is 17.9 Å². The van der Waals surface area contributed by atoms with Crippen LogP contribution in [0.15, 0.2) is 54.7 Å². The summed E-state index contributed by atoms with van der Waals surface area (Å²) in [5, 5.41) is 0. The maximum atomic E-state index is 6.08. The van der Waals surface area contributed by atoms with Gasteiger partial charge in [-0.25, -0.2) is 0 Å². The smallest absolute Gasteiger partial charge is 0.0887 e. The zero-order valence-electron chi connectivity index (χ0n) is 15.7. The van der Waals surface area contributed by atoms with Crippen LogP contribution >= 0.6 is 0 Å². The van der Waals surface area contributed by atoms with Crippen LogP contribution in [0.5, 0.6) is 0 Å². The minimum Gasteiger partial charge on any atom is -0.375 e. The highest BCUT2D eigenvalue weighted by Crippen LogP contribution is 2.43. The van der Waals surface area contributed by atoms with Gasteiger partial charge < -0.3 is 9.64 Å². The molecule has 0 N–H and O–H groups in total. The molecule has 0 radical (unpaired) electrons. The molecule has 2 aromatic rings. The number of rotatable bonds is 6. The molecular formula is C22H29N3O. The van der Waals surface area contributed by atoms with Crippen LogP contribution in [0.3, 0.4) is 0 Å². The Labute approximate surface area is 156 Å². The molecule has 2 aliphatic heterocycles. The predicted octanol–water partition coefficient (Wildman–Crippen LogP) is 3.05. The Bertz CT molecular complexity index is 693. The minimum absolute atomic E-state index is 0.383. The molecule has 1 spiro atoms. The fraction of sp³-hybridized carbons (Fsp3) is 0.500. The SMILES string of the molecule is CN1C[C@H](COCc2ccccn2)[C@@]2(CCN(Cc3ccccc3)C2)C1. The lowest BCUT2D eigenvalue weighted by Gasteiger charge is -2.30. The Hall–Kier alpha value is -1.75. The van der Waals surface area contributed by atoms with Gasteiger partial charge in [0.05, 0.1) is 18.9 Å². The second-order valence-corrected chi connectivity index (χ2v) is 8.04. The first-order valence-electron chi connectivity index (χ1n) is 9.66. The first kappa shape index (κ1) is 17.7. The van der Waals surface area contributed by atoms with Gasteiger partial charge in [-0.1, -0.05) is 36.4 Å². The summed E-state index contributed by atoms with van der Waals surface area (Å²) < 4.78 is 6.08. The number of pyridine rings is 1. The molecule has 0 amide bonds. The summed E-state index contributed by atoms with van der Waals surface area (Å²) in [5.41, 5.74) is 2.82. The molecule has 4 heteroatoms. The van der Waals surface area contributed by atoms with Crippen molar-refractivity contribution in [1.29, 1.82) is 0 Å². The molecule has 26 heavy (non-hydrogen) atoms. The van der Waals surface area contributed by atoms with E-state index in [0.717, 1.165) is 25.4 Å². The summed E-state index contributed by atoms with van der Waals surface area (Å²) in [6.07, 6.45) is 3.11. The Morgan fingerprint density at radius 2 is 1.96 bits per heavy atom. The number of ether oxygens (including phenoxy) is 1.